The number of carbonyl (C=O) groups excluding carboxylic acids is 1. The predicted molar refractivity (Wildman–Crippen MR) is 124 cm³/mol. The first-order chi connectivity index (χ1) is 16.6. The molecule has 11 heteroatoms. The molecule has 1 aliphatic rings. The highest BCUT2D eigenvalue weighted by Crippen LogP contribution is 2.36. The fourth-order valence-electron chi connectivity index (χ4n) is 3.60. The van der Waals surface area contributed by atoms with E-state index in [0.29, 0.717) is 36.0 Å². The first kappa shape index (κ1) is 20.9. The molecular formula is C23H18N6O5. The Morgan fingerprint density at radius 2 is 1.71 bits per heavy atom. The summed E-state index contributed by atoms with van der Waals surface area (Å²) in [6.45, 7) is 0.866. The predicted octanol–water partition coefficient (Wildman–Crippen LogP) is 3.81. The normalized spacial score (nSPS) is 12.1. The van der Waals surface area contributed by atoms with Crippen LogP contribution in [0.3, 0.4) is 0 Å². The molecule has 1 aliphatic heterocycles. The summed E-state index contributed by atoms with van der Waals surface area (Å²) in [5, 5.41) is 16.4. The van der Waals surface area contributed by atoms with Gasteiger partial charge >= 0.3 is 5.69 Å². The van der Waals surface area contributed by atoms with Crippen LogP contribution in [0.4, 0.5) is 23.0 Å². The zero-order valence-corrected chi connectivity index (χ0v) is 17.6. The Balaban J connectivity index is 1.39. The van der Waals surface area contributed by atoms with Gasteiger partial charge in [0, 0.05) is 17.3 Å². The van der Waals surface area contributed by atoms with E-state index in [1.54, 1.807) is 30.3 Å². The molecule has 1 aromatic heterocycles. The number of ether oxygens (including phenoxy) is 2. The summed E-state index contributed by atoms with van der Waals surface area (Å²) in [6, 6.07) is 17.8. The average Bonchev–Trinajstić information content (AvgIpc) is 2.86. The third kappa shape index (κ3) is 4.09. The van der Waals surface area contributed by atoms with Crippen LogP contribution < -0.4 is 25.6 Å². The number of nitrogens with one attached hydrogen (secondary N) is 3. The number of nitro groups is 1. The molecule has 4 aromatic rings. The molecule has 2 heterocycles. The van der Waals surface area contributed by atoms with Crippen molar-refractivity contribution in [2.75, 3.05) is 24.0 Å². The Morgan fingerprint density at radius 1 is 0.941 bits per heavy atom. The molecule has 0 bridgehead atoms. The highest BCUT2D eigenvalue weighted by atomic mass is 16.6. The van der Waals surface area contributed by atoms with Crippen molar-refractivity contribution in [2.24, 2.45) is 0 Å². The van der Waals surface area contributed by atoms with Crippen LogP contribution in [-0.4, -0.2) is 34.0 Å². The lowest BCUT2D eigenvalue weighted by atomic mass is 10.0. The van der Waals surface area contributed by atoms with Gasteiger partial charge in [-0.2, -0.15) is 0 Å². The van der Waals surface area contributed by atoms with Crippen LogP contribution in [0.25, 0.3) is 10.8 Å². The maximum atomic E-state index is 12.8. The van der Waals surface area contributed by atoms with Gasteiger partial charge in [-0.3, -0.25) is 25.8 Å². The highest BCUT2D eigenvalue weighted by molar-refractivity contribution is 6.07. The zero-order chi connectivity index (χ0) is 23.5. The first-order valence-corrected chi connectivity index (χ1v) is 10.3. The van der Waals surface area contributed by atoms with Crippen LogP contribution in [-0.2, 0) is 0 Å². The van der Waals surface area contributed by atoms with E-state index in [4.69, 9.17) is 9.47 Å². The second kappa shape index (κ2) is 8.90. The fraction of sp³-hybridized carbons (Fsp3) is 0.0870. The number of carbonyl (C=O) groups is 1. The van der Waals surface area contributed by atoms with E-state index in [0.717, 1.165) is 17.1 Å². The highest BCUT2D eigenvalue weighted by Gasteiger charge is 2.24. The molecule has 11 nitrogen and oxygen atoms in total. The van der Waals surface area contributed by atoms with Crippen molar-refractivity contribution < 1.29 is 19.2 Å². The number of hydrogen-bond acceptors (Lipinski definition) is 9. The topological polar surface area (TPSA) is 141 Å². The first-order valence-electron chi connectivity index (χ1n) is 10.3. The summed E-state index contributed by atoms with van der Waals surface area (Å²) in [6.07, 6.45) is 1.15. The van der Waals surface area contributed by atoms with Gasteiger partial charge in [-0.15, -0.1) is 0 Å². The number of anilines is 3. The smallest absolute Gasteiger partial charge is 0.355 e. The third-order valence-electron chi connectivity index (χ3n) is 5.14. The number of benzene rings is 3. The number of amides is 1. The van der Waals surface area contributed by atoms with Crippen molar-refractivity contribution in [3.63, 3.8) is 0 Å². The number of aromatic nitrogens is 2. The summed E-state index contributed by atoms with van der Waals surface area (Å²) >= 11 is 0. The second-order valence-corrected chi connectivity index (χ2v) is 7.27. The Morgan fingerprint density at radius 3 is 2.56 bits per heavy atom. The lowest BCUT2D eigenvalue weighted by Gasteiger charge is -2.19. The molecule has 34 heavy (non-hydrogen) atoms. The van der Waals surface area contributed by atoms with Gasteiger partial charge in [0.2, 0.25) is 11.6 Å². The number of rotatable bonds is 6. The molecule has 1 amide bonds. The van der Waals surface area contributed by atoms with Crippen LogP contribution in [0.1, 0.15) is 10.4 Å². The van der Waals surface area contributed by atoms with Crippen molar-refractivity contribution in [1.29, 1.82) is 0 Å². The lowest BCUT2D eigenvalue weighted by Crippen LogP contribution is -2.30. The molecule has 0 spiro atoms. The van der Waals surface area contributed by atoms with Gasteiger partial charge in [0.25, 0.3) is 5.91 Å². The van der Waals surface area contributed by atoms with Gasteiger partial charge in [-0.1, -0.05) is 36.4 Å². The Labute approximate surface area is 192 Å². The quantitative estimate of drug-likeness (QED) is 0.290. The number of fused-ring (bicyclic) bond motifs is 2. The fourth-order valence-corrected chi connectivity index (χ4v) is 3.60. The van der Waals surface area contributed by atoms with E-state index >= 15 is 0 Å². The van der Waals surface area contributed by atoms with Crippen LogP contribution >= 0.6 is 0 Å². The second-order valence-electron chi connectivity index (χ2n) is 7.27. The monoisotopic (exact) mass is 458 g/mol. The number of hydrazine groups is 1. The molecule has 0 fully saturated rings. The minimum absolute atomic E-state index is 0.0569. The Hall–Kier alpha value is -4.93. The molecular weight excluding hydrogens is 440 g/mol. The third-order valence-corrected chi connectivity index (χ3v) is 5.14. The molecule has 0 atom stereocenters. The molecule has 5 rings (SSSR count). The van der Waals surface area contributed by atoms with Crippen molar-refractivity contribution in [1.82, 2.24) is 15.4 Å². The molecule has 170 valence electrons. The van der Waals surface area contributed by atoms with Crippen molar-refractivity contribution in [3.05, 3.63) is 82.7 Å². The summed E-state index contributed by atoms with van der Waals surface area (Å²) in [5.74, 6) is 0.416. The van der Waals surface area contributed by atoms with Crippen LogP contribution in [0.5, 0.6) is 11.5 Å². The molecule has 0 aliphatic carbocycles. The largest absolute Gasteiger partial charge is 0.486 e. The number of hydrogen-bond donors (Lipinski definition) is 3. The van der Waals surface area contributed by atoms with E-state index in [9.17, 15) is 14.9 Å². The van der Waals surface area contributed by atoms with Crippen LogP contribution in [0.2, 0.25) is 0 Å². The summed E-state index contributed by atoms with van der Waals surface area (Å²) in [4.78, 5) is 32.0. The minimum Gasteiger partial charge on any atom is -0.486 e. The van der Waals surface area contributed by atoms with E-state index in [1.165, 1.54) is 0 Å². The lowest BCUT2D eigenvalue weighted by molar-refractivity contribution is -0.383. The summed E-state index contributed by atoms with van der Waals surface area (Å²) < 4.78 is 11.0. The Bertz CT molecular complexity index is 1400. The van der Waals surface area contributed by atoms with Crippen molar-refractivity contribution >= 4 is 39.7 Å². The van der Waals surface area contributed by atoms with E-state index < -0.39 is 16.5 Å². The Kier molecular flexibility index (Phi) is 5.48. The van der Waals surface area contributed by atoms with Gasteiger partial charge in [-0.05, 0) is 29.0 Å². The summed E-state index contributed by atoms with van der Waals surface area (Å²) in [5.41, 5.74) is 5.53. The standard InChI is InChI=1S/C23H18N6O5/c30-23(17-7-3-5-14-4-1-2-6-16(14)17)28-27-22-20(29(31)32)21(24-13-25-22)26-15-8-9-18-19(12-15)34-11-10-33-18/h1-9,12-13H,10-11H2,(H,28,30)(H2,24,25,26,27). The molecule has 3 aromatic carbocycles. The van der Waals surface area contributed by atoms with Crippen LogP contribution in [0, 0.1) is 10.1 Å². The van der Waals surface area contributed by atoms with Gasteiger partial charge in [0.05, 0.1) is 4.92 Å². The maximum Gasteiger partial charge on any atom is 0.355 e. The van der Waals surface area contributed by atoms with Gasteiger partial charge < -0.3 is 14.8 Å². The molecule has 0 saturated heterocycles. The molecule has 0 radical (unpaired) electrons. The van der Waals surface area contributed by atoms with Crippen molar-refractivity contribution in [2.45, 2.75) is 0 Å². The molecule has 3 N–H and O–H groups in total. The van der Waals surface area contributed by atoms with E-state index in [1.807, 2.05) is 30.3 Å². The van der Waals surface area contributed by atoms with E-state index in [-0.39, 0.29) is 11.6 Å². The van der Waals surface area contributed by atoms with Gasteiger partial charge in [-0.25, -0.2) is 9.97 Å². The summed E-state index contributed by atoms with van der Waals surface area (Å²) in [7, 11) is 0. The minimum atomic E-state index is -0.632. The number of nitrogens with zero attached hydrogens (tertiary/aromatic N) is 3. The molecule has 0 unspecified atom stereocenters. The van der Waals surface area contributed by atoms with Crippen molar-refractivity contribution in [3.8, 4) is 11.5 Å². The van der Waals surface area contributed by atoms with Gasteiger partial charge in [0.1, 0.15) is 19.5 Å². The maximum absolute atomic E-state index is 12.8. The van der Waals surface area contributed by atoms with Crippen LogP contribution in [0.15, 0.2) is 67.0 Å². The van der Waals surface area contributed by atoms with Gasteiger partial charge in [0.15, 0.2) is 11.5 Å². The SMILES string of the molecule is O=C(NNc1ncnc(Nc2ccc3c(c2)OCCO3)c1[N+](=O)[O-])c1cccc2ccccc12. The zero-order valence-electron chi connectivity index (χ0n) is 17.6. The average molecular weight is 458 g/mol. The van der Waals surface area contributed by atoms with E-state index in [2.05, 4.69) is 26.1 Å². The molecule has 0 saturated carbocycles.